The van der Waals surface area contributed by atoms with Crippen molar-refractivity contribution in [2.75, 3.05) is 13.7 Å². The smallest absolute Gasteiger partial charge is 0.168 e. The van der Waals surface area contributed by atoms with Crippen LogP contribution in [0.25, 0.3) is 0 Å². The fourth-order valence-electron chi connectivity index (χ4n) is 2.44. The molecule has 94 valence electrons. The zero-order valence-corrected chi connectivity index (χ0v) is 10.6. The van der Waals surface area contributed by atoms with E-state index < -0.39 is 0 Å². The Morgan fingerprint density at radius 3 is 2.88 bits per heavy atom. The van der Waals surface area contributed by atoms with Gasteiger partial charge in [-0.15, -0.1) is 0 Å². The average Bonchev–Trinajstić information content (AvgIpc) is 2.36. The van der Waals surface area contributed by atoms with E-state index in [0.717, 1.165) is 18.5 Å². The molecule has 1 N–H and O–H groups in total. The Morgan fingerprint density at radius 2 is 2.24 bits per heavy atom. The monoisotopic (exact) mass is 237 g/mol. The zero-order valence-electron chi connectivity index (χ0n) is 10.6. The van der Waals surface area contributed by atoms with Crippen LogP contribution < -0.4 is 10.1 Å². The number of halogens is 1. The summed E-state index contributed by atoms with van der Waals surface area (Å²) in [6, 6.07) is 4.27. The number of methoxy groups -OCH3 is 1. The van der Waals surface area contributed by atoms with Crippen LogP contribution in [-0.4, -0.2) is 19.7 Å². The molecule has 1 unspecified atom stereocenters. The first-order valence-electron chi connectivity index (χ1n) is 6.27. The highest BCUT2D eigenvalue weighted by molar-refractivity contribution is 5.39. The lowest BCUT2D eigenvalue weighted by Gasteiger charge is -2.24. The van der Waals surface area contributed by atoms with Gasteiger partial charge in [0.1, 0.15) is 0 Å². The quantitative estimate of drug-likeness (QED) is 0.872. The summed E-state index contributed by atoms with van der Waals surface area (Å²) in [5.74, 6) is 0.193. The minimum atomic E-state index is -0.221. The Balaban J connectivity index is 2.17. The lowest BCUT2D eigenvalue weighted by Crippen LogP contribution is -2.35. The van der Waals surface area contributed by atoms with Gasteiger partial charge in [-0.3, -0.25) is 0 Å². The van der Waals surface area contributed by atoms with Crippen LogP contribution in [0.2, 0.25) is 0 Å². The van der Waals surface area contributed by atoms with Crippen LogP contribution in [0.5, 0.6) is 5.75 Å². The van der Waals surface area contributed by atoms with Gasteiger partial charge >= 0.3 is 0 Å². The Kier molecular flexibility index (Phi) is 4.00. The van der Waals surface area contributed by atoms with E-state index in [2.05, 4.69) is 5.32 Å². The molecule has 17 heavy (non-hydrogen) atoms. The summed E-state index contributed by atoms with van der Waals surface area (Å²) in [6.07, 6.45) is 4.52. The van der Waals surface area contributed by atoms with Crippen molar-refractivity contribution in [2.24, 2.45) is 0 Å². The summed E-state index contributed by atoms with van der Waals surface area (Å²) >= 11 is 0. The molecule has 1 fully saturated rings. The third-order valence-corrected chi connectivity index (χ3v) is 3.45. The lowest BCUT2D eigenvalue weighted by molar-refractivity contribution is 0.365. The number of piperidine rings is 1. The first-order valence-corrected chi connectivity index (χ1v) is 6.27. The predicted octanol–water partition coefficient (Wildman–Crippen LogP) is 2.83. The first kappa shape index (κ1) is 12.4. The maximum Gasteiger partial charge on any atom is 0.168 e. The molecular weight excluding hydrogens is 217 g/mol. The van der Waals surface area contributed by atoms with Crippen LogP contribution in [-0.2, 0) is 6.42 Å². The van der Waals surface area contributed by atoms with Crippen LogP contribution in [0.3, 0.4) is 0 Å². The molecular formula is C14H20FNO. The number of ether oxygens (including phenoxy) is 1. The molecule has 0 spiro atoms. The number of hydrogen-bond donors (Lipinski definition) is 1. The molecule has 1 aromatic carbocycles. The second kappa shape index (κ2) is 5.50. The average molecular weight is 237 g/mol. The van der Waals surface area contributed by atoms with Crippen molar-refractivity contribution in [2.45, 2.75) is 38.6 Å². The summed E-state index contributed by atoms with van der Waals surface area (Å²) in [5.41, 5.74) is 1.61. The van der Waals surface area contributed by atoms with Crippen molar-refractivity contribution >= 4 is 0 Å². The molecule has 1 saturated heterocycles. The normalized spacial score (nSPS) is 20.3. The number of rotatable bonds is 3. The maximum absolute atomic E-state index is 13.9. The molecule has 3 heteroatoms. The predicted molar refractivity (Wildman–Crippen MR) is 67.0 cm³/mol. The molecule has 1 aromatic rings. The van der Waals surface area contributed by atoms with Crippen molar-refractivity contribution < 1.29 is 9.13 Å². The standard InChI is InChI=1S/C14H20FNO/c1-10-6-7-11(14(17-2)13(10)15)9-12-5-3-4-8-16-12/h6-7,12,16H,3-5,8-9H2,1-2H3. The molecule has 0 amide bonds. The maximum atomic E-state index is 13.9. The summed E-state index contributed by atoms with van der Waals surface area (Å²) in [7, 11) is 1.54. The first-order chi connectivity index (χ1) is 8.22. The van der Waals surface area contributed by atoms with E-state index in [1.807, 2.05) is 12.1 Å². The highest BCUT2D eigenvalue weighted by Gasteiger charge is 2.18. The van der Waals surface area contributed by atoms with E-state index in [1.165, 1.54) is 26.4 Å². The molecule has 1 aliphatic rings. The molecule has 0 bridgehead atoms. The van der Waals surface area contributed by atoms with E-state index in [-0.39, 0.29) is 5.82 Å². The van der Waals surface area contributed by atoms with Gasteiger partial charge in [0, 0.05) is 6.04 Å². The minimum absolute atomic E-state index is 0.221. The van der Waals surface area contributed by atoms with Gasteiger partial charge in [0.15, 0.2) is 11.6 Å². The van der Waals surface area contributed by atoms with Gasteiger partial charge in [-0.2, -0.15) is 0 Å². The number of aryl methyl sites for hydroxylation is 1. The summed E-state index contributed by atoms with van der Waals surface area (Å²) < 4.78 is 19.1. The van der Waals surface area contributed by atoms with Crippen molar-refractivity contribution in [3.8, 4) is 5.75 Å². The Morgan fingerprint density at radius 1 is 1.41 bits per heavy atom. The van der Waals surface area contributed by atoms with E-state index in [0.29, 0.717) is 17.4 Å². The molecule has 1 aliphatic heterocycles. The van der Waals surface area contributed by atoms with E-state index >= 15 is 0 Å². The topological polar surface area (TPSA) is 21.3 Å². The van der Waals surface area contributed by atoms with E-state index in [1.54, 1.807) is 6.92 Å². The van der Waals surface area contributed by atoms with Crippen LogP contribution >= 0.6 is 0 Å². The molecule has 1 atom stereocenters. The number of hydrogen-bond acceptors (Lipinski definition) is 2. The summed E-state index contributed by atoms with van der Waals surface area (Å²) in [4.78, 5) is 0. The molecule has 0 aliphatic carbocycles. The second-order valence-corrected chi connectivity index (χ2v) is 4.74. The molecule has 1 heterocycles. The third-order valence-electron chi connectivity index (χ3n) is 3.45. The van der Waals surface area contributed by atoms with Gasteiger partial charge in [-0.05, 0) is 43.9 Å². The SMILES string of the molecule is COc1c(CC2CCCCN2)ccc(C)c1F. The Bertz CT molecular complexity index is 386. The zero-order chi connectivity index (χ0) is 12.3. The summed E-state index contributed by atoms with van der Waals surface area (Å²) in [6.45, 7) is 2.84. The molecule has 0 saturated carbocycles. The second-order valence-electron chi connectivity index (χ2n) is 4.74. The Hall–Kier alpha value is -1.09. The molecule has 0 radical (unpaired) electrons. The van der Waals surface area contributed by atoms with Gasteiger partial charge in [0.2, 0.25) is 0 Å². The van der Waals surface area contributed by atoms with Crippen molar-refractivity contribution in [3.05, 3.63) is 29.1 Å². The third kappa shape index (κ3) is 2.78. The fraction of sp³-hybridized carbons (Fsp3) is 0.571. The number of nitrogens with one attached hydrogen (secondary N) is 1. The molecule has 2 rings (SSSR count). The number of benzene rings is 1. The van der Waals surface area contributed by atoms with Crippen LogP contribution in [0.4, 0.5) is 4.39 Å². The van der Waals surface area contributed by atoms with Crippen LogP contribution in [0.15, 0.2) is 12.1 Å². The van der Waals surface area contributed by atoms with Gasteiger partial charge in [0.25, 0.3) is 0 Å². The Labute approximate surface area is 102 Å². The van der Waals surface area contributed by atoms with E-state index in [9.17, 15) is 4.39 Å². The van der Waals surface area contributed by atoms with E-state index in [4.69, 9.17) is 4.74 Å². The van der Waals surface area contributed by atoms with Crippen LogP contribution in [0.1, 0.15) is 30.4 Å². The lowest BCUT2D eigenvalue weighted by atomic mass is 9.96. The van der Waals surface area contributed by atoms with Crippen LogP contribution in [0, 0.1) is 12.7 Å². The van der Waals surface area contributed by atoms with Gasteiger partial charge in [-0.1, -0.05) is 18.6 Å². The van der Waals surface area contributed by atoms with Gasteiger partial charge < -0.3 is 10.1 Å². The summed E-state index contributed by atoms with van der Waals surface area (Å²) in [5, 5.41) is 3.47. The highest BCUT2D eigenvalue weighted by atomic mass is 19.1. The fourth-order valence-corrected chi connectivity index (χ4v) is 2.44. The largest absolute Gasteiger partial charge is 0.493 e. The highest BCUT2D eigenvalue weighted by Crippen LogP contribution is 2.27. The van der Waals surface area contributed by atoms with Gasteiger partial charge in [-0.25, -0.2) is 4.39 Å². The van der Waals surface area contributed by atoms with Gasteiger partial charge in [0.05, 0.1) is 7.11 Å². The van der Waals surface area contributed by atoms with Crippen molar-refractivity contribution in [3.63, 3.8) is 0 Å². The van der Waals surface area contributed by atoms with Crippen molar-refractivity contribution in [1.82, 2.24) is 5.32 Å². The molecule has 2 nitrogen and oxygen atoms in total. The molecule has 0 aromatic heterocycles. The minimum Gasteiger partial charge on any atom is -0.493 e. The van der Waals surface area contributed by atoms with Crippen molar-refractivity contribution in [1.29, 1.82) is 0 Å².